The van der Waals surface area contributed by atoms with Gasteiger partial charge in [-0.05, 0) is 44.5 Å². The maximum Gasteiger partial charge on any atom is 0.119 e. The molecular formula is C13H20N2O. The Bertz CT molecular complexity index is 359. The largest absolute Gasteiger partial charge is 0.497 e. The molecule has 1 fully saturated rings. The van der Waals surface area contributed by atoms with Crippen molar-refractivity contribution < 1.29 is 4.74 Å². The monoisotopic (exact) mass is 220 g/mol. The molecule has 1 aliphatic heterocycles. The van der Waals surface area contributed by atoms with Crippen molar-refractivity contribution in [2.45, 2.75) is 31.8 Å². The average Bonchev–Trinajstić information content (AvgIpc) is 2.52. The average molecular weight is 220 g/mol. The van der Waals surface area contributed by atoms with Gasteiger partial charge in [0.05, 0.1) is 7.11 Å². The van der Waals surface area contributed by atoms with Crippen molar-refractivity contribution in [3.05, 3.63) is 24.3 Å². The highest BCUT2D eigenvalue weighted by Gasteiger charge is 2.36. The molecular weight excluding hydrogens is 200 g/mol. The fourth-order valence-corrected chi connectivity index (χ4v) is 2.52. The molecule has 1 saturated heterocycles. The van der Waals surface area contributed by atoms with E-state index < -0.39 is 0 Å². The van der Waals surface area contributed by atoms with Crippen LogP contribution in [0.25, 0.3) is 0 Å². The zero-order valence-electron chi connectivity index (χ0n) is 10.2. The van der Waals surface area contributed by atoms with Crippen molar-refractivity contribution in [1.82, 2.24) is 0 Å². The third-order valence-corrected chi connectivity index (χ3v) is 3.29. The van der Waals surface area contributed by atoms with Gasteiger partial charge in [0.1, 0.15) is 5.75 Å². The van der Waals surface area contributed by atoms with Crippen molar-refractivity contribution in [1.29, 1.82) is 0 Å². The molecule has 1 aliphatic rings. The van der Waals surface area contributed by atoms with Crippen molar-refractivity contribution in [3.8, 4) is 5.75 Å². The Kier molecular flexibility index (Phi) is 2.80. The molecule has 0 amide bonds. The van der Waals surface area contributed by atoms with Gasteiger partial charge in [-0.1, -0.05) is 0 Å². The van der Waals surface area contributed by atoms with Gasteiger partial charge in [0, 0.05) is 23.8 Å². The lowest BCUT2D eigenvalue weighted by Crippen LogP contribution is -2.38. The Morgan fingerprint density at radius 3 is 2.38 bits per heavy atom. The third-order valence-electron chi connectivity index (χ3n) is 3.29. The second-order valence-electron chi connectivity index (χ2n) is 5.09. The summed E-state index contributed by atoms with van der Waals surface area (Å²) in [6.07, 6.45) is 1.04. The summed E-state index contributed by atoms with van der Waals surface area (Å²) in [5.74, 6) is 0.894. The number of methoxy groups -OCH3 is 1. The molecule has 88 valence electrons. The molecule has 1 atom stereocenters. The highest BCUT2D eigenvalue weighted by atomic mass is 16.5. The van der Waals surface area contributed by atoms with Gasteiger partial charge in [-0.15, -0.1) is 0 Å². The predicted octanol–water partition coefficient (Wildman–Crippen LogP) is 2.01. The van der Waals surface area contributed by atoms with E-state index in [1.165, 1.54) is 5.69 Å². The van der Waals surface area contributed by atoms with E-state index in [9.17, 15) is 0 Å². The number of anilines is 1. The fourth-order valence-electron chi connectivity index (χ4n) is 2.52. The highest BCUT2D eigenvalue weighted by Crippen LogP contribution is 2.33. The Balaban J connectivity index is 2.23. The molecule has 1 aromatic carbocycles. The summed E-state index contributed by atoms with van der Waals surface area (Å²) in [4.78, 5) is 2.37. The van der Waals surface area contributed by atoms with Gasteiger partial charge in [0.2, 0.25) is 0 Å². The number of hydrogen-bond acceptors (Lipinski definition) is 3. The minimum atomic E-state index is 0.147. The van der Waals surface area contributed by atoms with Crippen LogP contribution in [-0.4, -0.2) is 25.2 Å². The number of nitrogens with two attached hydrogens (primary N) is 1. The first-order valence-electron chi connectivity index (χ1n) is 5.70. The maximum absolute atomic E-state index is 6.03. The van der Waals surface area contributed by atoms with Crippen LogP contribution in [-0.2, 0) is 0 Å². The lowest BCUT2D eigenvalue weighted by Gasteiger charge is -2.33. The van der Waals surface area contributed by atoms with Gasteiger partial charge < -0.3 is 15.4 Å². The van der Waals surface area contributed by atoms with Gasteiger partial charge >= 0.3 is 0 Å². The Morgan fingerprint density at radius 1 is 1.31 bits per heavy atom. The Morgan fingerprint density at radius 2 is 1.94 bits per heavy atom. The van der Waals surface area contributed by atoms with Crippen LogP contribution in [0.3, 0.4) is 0 Å². The van der Waals surface area contributed by atoms with Crippen LogP contribution < -0.4 is 15.4 Å². The summed E-state index contributed by atoms with van der Waals surface area (Å²) in [6.45, 7) is 5.41. The summed E-state index contributed by atoms with van der Waals surface area (Å²) >= 11 is 0. The lowest BCUT2D eigenvalue weighted by atomic mass is 10.00. The quantitative estimate of drug-likeness (QED) is 0.828. The van der Waals surface area contributed by atoms with Gasteiger partial charge in [0.15, 0.2) is 0 Å². The van der Waals surface area contributed by atoms with Gasteiger partial charge in [-0.3, -0.25) is 0 Å². The van der Waals surface area contributed by atoms with Crippen molar-refractivity contribution >= 4 is 5.69 Å². The smallest absolute Gasteiger partial charge is 0.119 e. The third kappa shape index (κ3) is 2.00. The van der Waals surface area contributed by atoms with Crippen LogP contribution in [0, 0.1) is 0 Å². The number of benzene rings is 1. The summed E-state index contributed by atoms with van der Waals surface area (Å²) in [7, 11) is 1.69. The molecule has 0 spiro atoms. The first-order chi connectivity index (χ1) is 7.53. The maximum atomic E-state index is 6.03. The molecule has 1 aromatic rings. The molecule has 3 nitrogen and oxygen atoms in total. The zero-order valence-corrected chi connectivity index (χ0v) is 10.2. The van der Waals surface area contributed by atoms with Crippen molar-refractivity contribution in [2.75, 3.05) is 18.6 Å². The second kappa shape index (κ2) is 3.98. The first kappa shape index (κ1) is 11.3. The van der Waals surface area contributed by atoms with E-state index in [-0.39, 0.29) is 11.6 Å². The number of hydrogen-bond donors (Lipinski definition) is 1. The van der Waals surface area contributed by atoms with E-state index in [0.717, 1.165) is 18.7 Å². The Labute approximate surface area is 97.2 Å². The molecule has 2 rings (SSSR count). The standard InChI is InChI=1S/C13H20N2O/c1-13(2)8-10(14)9-15(13)11-4-6-12(16-3)7-5-11/h4-7,10H,8-9,14H2,1-3H3. The zero-order chi connectivity index (χ0) is 11.8. The minimum Gasteiger partial charge on any atom is -0.497 e. The normalized spacial score (nSPS) is 23.5. The number of rotatable bonds is 2. The van der Waals surface area contributed by atoms with Gasteiger partial charge in [-0.2, -0.15) is 0 Å². The second-order valence-corrected chi connectivity index (χ2v) is 5.09. The summed E-state index contributed by atoms with van der Waals surface area (Å²) in [6, 6.07) is 8.46. The molecule has 0 radical (unpaired) electrons. The molecule has 16 heavy (non-hydrogen) atoms. The van der Waals surface area contributed by atoms with Gasteiger partial charge in [-0.25, -0.2) is 0 Å². The molecule has 1 unspecified atom stereocenters. The SMILES string of the molecule is COc1ccc(N2CC(N)CC2(C)C)cc1. The van der Waals surface area contributed by atoms with Crippen LogP contribution in [0.2, 0.25) is 0 Å². The van der Waals surface area contributed by atoms with Crippen molar-refractivity contribution in [2.24, 2.45) is 5.73 Å². The van der Waals surface area contributed by atoms with Crippen LogP contribution in [0.15, 0.2) is 24.3 Å². The van der Waals surface area contributed by atoms with Crippen LogP contribution >= 0.6 is 0 Å². The van der Waals surface area contributed by atoms with E-state index in [4.69, 9.17) is 10.5 Å². The van der Waals surface area contributed by atoms with Crippen molar-refractivity contribution in [3.63, 3.8) is 0 Å². The molecule has 0 aromatic heterocycles. The summed E-state index contributed by atoms with van der Waals surface area (Å²) in [5, 5.41) is 0. The number of ether oxygens (including phenoxy) is 1. The van der Waals surface area contributed by atoms with E-state index in [0.29, 0.717) is 0 Å². The van der Waals surface area contributed by atoms with E-state index >= 15 is 0 Å². The molecule has 0 bridgehead atoms. The molecule has 0 aliphatic carbocycles. The minimum absolute atomic E-state index is 0.147. The van der Waals surface area contributed by atoms with Crippen LogP contribution in [0.5, 0.6) is 5.75 Å². The molecule has 0 saturated carbocycles. The first-order valence-corrected chi connectivity index (χ1v) is 5.70. The van der Waals surface area contributed by atoms with E-state index in [2.05, 4.69) is 30.9 Å². The molecule has 1 heterocycles. The van der Waals surface area contributed by atoms with E-state index in [1.54, 1.807) is 7.11 Å². The van der Waals surface area contributed by atoms with E-state index in [1.807, 2.05) is 12.1 Å². The highest BCUT2D eigenvalue weighted by molar-refractivity contribution is 5.52. The van der Waals surface area contributed by atoms with Crippen LogP contribution in [0.1, 0.15) is 20.3 Å². The van der Waals surface area contributed by atoms with Gasteiger partial charge in [0.25, 0.3) is 0 Å². The summed E-state index contributed by atoms with van der Waals surface area (Å²) in [5.41, 5.74) is 7.40. The molecule has 3 heteroatoms. The van der Waals surface area contributed by atoms with Crippen LogP contribution in [0.4, 0.5) is 5.69 Å². The fraction of sp³-hybridized carbons (Fsp3) is 0.538. The number of nitrogens with zero attached hydrogens (tertiary/aromatic N) is 1. The lowest BCUT2D eigenvalue weighted by molar-refractivity contribution is 0.414. The summed E-state index contributed by atoms with van der Waals surface area (Å²) < 4.78 is 5.16. The topological polar surface area (TPSA) is 38.5 Å². The predicted molar refractivity (Wildman–Crippen MR) is 67.0 cm³/mol. The molecule has 2 N–H and O–H groups in total. The Hall–Kier alpha value is -1.22.